The van der Waals surface area contributed by atoms with Gasteiger partial charge in [0.15, 0.2) is 0 Å². The third-order valence-corrected chi connectivity index (χ3v) is 4.22. The van der Waals surface area contributed by atoms with Crippen molar-refractivity contribution in [3.8, 4) is 0 Å². The highest BCUT2D eigenvalue weighted by Gasteiger charge is 2.25. The molecule has 6 heteroatoms. The van der Waals surface area contributed by atoms with Gasteiger partial charge in [-0.25, -0.2) is 9.18 Å². The van der Waals surface area contributed by atoms with Crippen LogP contribution in [0.3, 0.4) is 0 Å². The average Bonchev–Trinajstić information content (AvgIpc) is 2.82. The van der Waals surface area contributed by atoms with Gasteiger partial charge in [0.1, 0.15) is 5.82 Å². The summed E-state index contributed by atoms with van der Waals surface area (Å²) in [4.78, 5) is 12.3. The molecule has 0 aliphatic carbocycles. The lowest BCUT2D eigenvalue weighted by atomic mass is 10.2. The van der Waals surface area contributed by atoms with E-state index < -0.39 is 0 Å². The Morgan fingerprint density at radius 2 is 2.30 bits per heavy atom. The van der Waals surface area contributed by atoms with Gasteiger partial charge in [-0.15, -0.1) is 11.8 Å². The standard InChI is InChI=1S/C14H19FN2O2S/c1-10-12(6-8-19-10)17-14(18)16-7-9-20-13-5-3-2-4-11(13)15/h2-5,10,12H,6-9H2,1H3,(H2,16,17,18)/t10-,12-/m0/s1. The van der Waals surface area contributed by atoms with Gasteiger partial charge < -0.3 is 15.4 Å². The second kappa shape index (κ2) is 7.50. The second-order valence-electron chi connectivity index (χ2n) is 4.65. The van der Waals surface area contributed by atoms with Crippen molar-refractivity contribution in [2.45, 2.75) is 30.4 Å². The van der Waals surface area contributed by atoms with Crippen LogP contribution in [0.25, 0.3) is 0 Å². The normalized spacial score (nSPS) is 21.7. The van der Waals surface area contributed by atoms with Crippen LogP contribution in [0.1, 0.15) is 13.3 Å². The molecule has 1 aromatic rings. The number of nitrogens with one attached hydrogen (secondary N) is 2. The van der Waals surface area contributed by atoms with Crippen LogP contribution in [0, 0.1) is 5.82 Å². The minimum absolute atomic E-state index is 0.0635. The van der Waals surface area contributed by atoms with Crippen LogP contribution >= 0.6 is 11.8 Å². The van der Waals surface area contributed by atoms with Crippen LogP contribution in [0.4, 0.5) is 9.18 Å². The highest BCUT2D eigenvalue weighted by molar-refractivity contribution is 7.99. The summed E-state index contributed by atoms with van der Waals surface area (Å²) in [6.45, 7) is 3.13. The lowest BCUT2D eigenvalue weighted by Crippen LogP contribution is -2.45. The molecular weight excluding hydrogens is 279 g/mol. The Morgan fingerprint density at radius 3 is 3.00 bits per heavy atom. The molecule has 0 spiro atoms. The summed E-state index contributed by atoms with van der Waals surface area (Å²) >= 11 is 1.39. The van der Waals surface area contributed by atoms with E-state index in [0.29, 0.717) is 23.8 Å². The Kier molecular flexibility index (Phi) is 5.67. The van der Waals surface area contributed by atoms with Gasteiger partial charge in [-0.2, -0.15) is 0 Å². The van der Waals surface area contributed by atoms with Crippen molar-refractivity contribution in [2.75, 3.05) is 18.9 Å². The van der Waals surface area contributed by atoms with Crippen LogP contribution in [0.5, 0.6) is 0 Å². The number of benzene rings is 1. The van der Waals surface area contributed by atoms with Crippen molar-refractivity contribution in [3.05, 3.63) is 30.1 Å². The second-order valence-corrected chi connectivity index (χ2v) is 5.79. The highest BCUT2D eigenvalue weighted by Crippen LogP contribution is 2.20. The molecule has 2 amide bonds. The first-order valence-corrected chi connectivity index (χ1v) is 7.68. The zero-order valence-corrected chi connectivity index (χ0v) is 12.2. The van der Waals surface area contributed by atoms with Crippen molar-refractivity contribution in [1.82, 2.24) is 10.6 Å². The van der Waals surface area contributed by atoms with Gasteiger partial charge >= 0.3 is 6.03 Å². The lowest BCUT2D eigenvalue weighted by molar-refractivity contribution is 0.114. The van der Waals surface area contributed by atoms with E-state index in [1.165, 1.54) is 17.8 Å². The van der Waals surface area contributed by atoms with E-state index in [4.69, 9.17) is 4.74 Å². The molecule has 0 aromatic heterocycles. The number of rotatable bonds is 5. The third kappa shape index (κ3) is 4.38. The molecule has 1 aliphatic rings. The van der Waals surface area contributed by atoms with E-state index in [2.05, 4.69) is 10.6 Å². The monoisotopic (exact) mass is 298 g/mol. The van der Waals surface area contributed by atoms with Crippen LogP contribution in [0.15, 0.2) is 29.2 Å². The molecule has 2 rings (SSSR count). The van der Waals surface area contributed by atoms with Crippen LogP contribution in [0.2, 0.25) is 0 Å². The van der Waals surface area contributed by atoms with Gasteiger partial charge in [-0.1, -0.05) is 12.1 Å². The van der Waals surface area contributed by atoms with Crippen molar-refractivity contribution < 1.29 is 13.9 Å². The maximum absolute atomic E-state index is 13.4. The molecule has 0 saturated carbocycles. The fraction of sp³-hybridized carbons (Fsp3) is 0.500. The molecule has 0 radical (unpaired) electrons. The molecule has 0 unspecified atom stereocenters. The molecule has 0 bridgehead atoms. The molecule has 1 saturated heterocycles. The smallest absolute Gasteiger partial charge is 0.315 e. The molecular formula is C14H19FN2O2S. The zero-order chi connectivity index (χ0) is 14.4. The fourth-order valence-corrected chi connectivity index (χ4v) is 2.83. The summed E-state index contributed by atoms with van der Waals surface area (Å²) in [5.74, 6) is 0.407. The zero-order valence-electron chi connectivity index (χ0n) is 11.4. The van der Waals surface area contributed by atoms with Gasteiger partial charge in [0.2, 0.25) is 0 Å². The SMILES string of the molecule is C[C@@H]1OCC[C@@H]1NC(=O)NCCSc1ccccc1F. The van der Waals surface area contributed by atoms with Crippen LogP contribution < -0.4 is 10.6 Å². The molecule has 1 aliphatic heterocycles. The minimum atomic E-state index is -0.223. The molecule has 1 fully saturated rings. The van der Waals surface area contributed by atoms with E-state index in [-0.39, 0.29) is 24.0 Å². The third-order valence-electron chi connectivity index (χ3n) is 3.17. The average molecular weight is 298 g/mol. The first-order chi connectivity index (χ1) is 9.66. The Bertz CT molecular complexity index is 459. The van der Waals surface area contributed by atoms with Crippen molar-refractivity contribution in [3.63, 3.8) is 0 Å². The Hall–Kier alpha value is -1.27. The van der Waals surface area contributed by atoms with Gasteiger partial charge in [-0.05, 0) is 25.5 Å². The van der Waals surface area contributed by atoms with Crippen LogP contribution in [-0.2, 0) is 4.74 Å². The first-order valence-electron chi connectivity index (χ1n) is 6.70. The number of carbonyl (C=O) groups is 1. The Morgan fingerprint density at radius 1 is 1.50 bits per heavy atom. The number of hydrogen-bond acceptors (Lipinski definition) is 3. The summed E-state index contributed by atoms with van der Waals surface area (Å²) in [7, 11) is 0. The van der Waals surface area contributed by atoms with Gasteiger partial charge in [0.25, 0.3) is 0 Å². The van der Waals surface area contributed by atoms with E-state index in [0.717, 1.165) is 6.42 Å². The number of ether oxygens (including phenoxy) is 1. The summed E-state index contributed by atoms with van der Waals surface area (Å²) in [6.07, 6.45) is 0.909. The topological polar surface area (TPSA) is 50.4 Å². The minimum Gasteiger partial charge on any atom is -0.376 e. The first kappa shape index (κ1) is 15.1. The predicted molar refractivity (Wildman–Crippen MR) is 77.5 cm³/mol. The Balaban J connectivity index is 1.63. The quantitative estimate of drug-likeness (QED) is 0.648. The van der Waals surface area contributed by atoms with E-state index in [1.54, 1.807) is 18.2 Å². The van der Waals surface area contributed by atoms with E-state index >= 15 is 0 Å². The molecule has 20 heavy (non-hydrogen) atoms. The van der Waals surface area contributed by atoms with Crippen molar-refractivity contribution in [2.24, 2.45) is 0 Å². The number of thioether (sulfide) groups is 1. The lowest BCUT2D eigenvalue weighted by Gasteiger charge is -2.16. The van der Waals surface area contributed by atoms with Crippen molar-refractivity contribution in [1.29, 1.82) is 0 Å². The van der Waals surface area contributed by atoms with Gasteiger partial charge in [0, 0.05) is 23.8 Å². The molecule has 2 N–H and O–H groups in total. The largest absolute Gasteiger partial charge is 0.376 e. The maximum Gasteiger partial charge on any atom is 0.315 e. The number of carbonyl (C=O) groups excluding carboxylic acids is 1. The highest BCUT2D eigenvalue weighted by atomic mass is 32.2. The summed E-state index contributed by atoms with van der Waals surface area (Å²) < 4.78 is 18.7. The van der Waals surface area contributed by atoms with Crippen molar-refractivity contribution >= 4 is 17.8 Å². The van der Waals surface area contributed by atoms with E-state index in [9.17, 15) is 9.18 Å². The summed E-state index contributed by atoms with van der Waals surface area (Å²) in [5, 5.41) is 5.65. The predicted octanol–water partition coefficient (Wildman–Crippen LogP) is 2.39. The van der Waals surface area contributed by atoms with Gasteiger partial charge in [-0.3, -0.25) is 0 Å². The Labute approximate surface area is 122 Å². The number of urea groups is 1. The number of hydrogen-bond donors (Lipinski definition) is 2. The number of amides is 2. The van der Waals surface area contributed by atoms with Gasteiger partial charge in [0.05, 0.1) is 12.1 Å². The summed E-state index contributed by atoms with van der Waals surface area (Å²) in [5.41, 5.74) is 0. The molecule has 110 valence electrons. The van der Waals surface area contributed by atoms with E-state index in [1.807, 2.05) is 6.92 Å². The fourth-order valence-electron chi connectivity index (χ4n) is 2.03. The molecule has 4 nitrogen and oxygen atoms in total. The van der Waals surface area contributed by atoms with Crippen LogP contribution in [-0.4, -0.2) is 37.1 Å². The summed E-state index contributed by atoms with van der Waals surface area (Å²) in [6, 6.07) is 6.51. The number of halogens is 1. The molecule has 2 atom stereocenters. The molecule has 1 aromatic carbocycles. The maximum atomic E-state index is 13.4. The molecule has 1 heterocycles.